The van der Waals surface area contributed by atoms with E-state index in [-0.39, 0.29) is 5.43 Å². The molecule has 1 aromatic heterocycles. The predicted molar refractivity (Wildman–Crippen MR) is 76.7 cm³/mol. The van der Waals surface area contributed by atoms with Gasteiger partial charge in [-0.15, -0.1) is 0 Å². The zero-order valence-corrected chi connectivity index (χ0v) is 12.3. The lowest BCUT2D eigenvalue weighted by atomic mass is 10.1. The van der Waals surface area contributed by atoms with Crippen LogP contribution in [0.1, 0.15) is 22.5 Å². The molecule has 0 fully saturated rings. The minimum absolute atomic E-state index is 0.0228. The molecule has 0 saturated carbocycles. The molecule has 0 spiro atoms. The van der Waals surface area contributed by atoms with E-state index >= 15 is 0 Å². The first kappa shape index (κ1) is 13.0. The van der Waals surface area contributed by atoms with Crippen LogP contribution in [0.3, 0.4) is 0 Å². The van der Waals surface area contributed by atoms with Gasteiger partial charge in [0.05, 0.1) is 11.0 Å². The van der Waals surface area contributed by atoms with Crippen LogP contribution in [-0.2, 0) is 5.33 Å². The van der Waals surface area contributed by atoms with Crippen LogP contribution in [0.25, 0.3) is 5.69 Å². The highest BCUT2D eigenvalue weighted by molar-refractivity contribution is 9.08. The van der Waals surface area contributed by atoms with Gasteiger partial charge in [-0.1, -0.05) is 33.6 Å². The summed E-state index contributed by atoms with van der Waals surface area (Å²) in [5.74, 6) is 0. The summed E-state index contributed by atoms with van der Waals surface area (Å²) in [7, 11) is 0. The minimum atomic E-state index is -0.0228. The highest BCUT2D eigenvalue weighted by Gasteiger charge is 2.08. The van der Waals surface area contributed by atoms with E-state index in [1.54, 1.807) is 6.07 Å². The minimum Gasteiger partial charge on any atom is -0.288 e. The summed E-state index contributed by atoms with van der Waals surface area (Å²) in [6.45, 7) is 6.01. The Balaban J connectivity index is 2.67. The van der Waals surface area contributed by atoms with Gasteiger partial charge in [-0.2, -0.15) is 5.10 Å². The topological polar surface area (TPSA) is 34.9 Å². The molecule has 18 heavy (non-hydrogen) atoms. The summed E-state index contributed by atoms with van der Waals surface area (Å²) in [5, 5.41) is 4.88. The van der Waals surface area contributed by atoms with Gasteiger partial charge in [-0.05, 0) is 32.4 Å². The lowest BCUT2D eigenvalue weighted by molar-refractivity contribution is 0.770. The molecule has 0 aliphatic carbocycles. The van der Waals surface area contributed by atoms with Crippen molar-refractivity contribution in [2.75, 3.05) is 0 Å². The summed E-state index contributed by atoms with van der Waals surface area (Å²) in [5.41, 5.74) is 4.73. The molecule has 3 nitrogen and oxygen atoms in total. The number of benzene rings is 1. The van der Waals surface area contributed by atoms with Crippen molar-refractivity contribution in [3.63, 3.8) is 0 Å². The second kappa shape index (κ2) is 5.06. The molecule has 0 aliphatic rings. The number of rotatable bonds is 2. The highest BCUT2D eigenvalue weighted by Crippen LogP contribution is 2.16. The predicted octanol–water partition coefficient (Wildman–Crippen LogP) is 3.05. The van der Waals surface area contributed by atoms with Crippen molar-refractivity contribution in [1.82, 2.24) is 9.78 Å². The van der Waals surface area contributed by atoms with Crippen LogP contribution in [0.4, 0.5) is 0 Å². The van der Waals surface area contributed by atoms with Crippen molar-refractivity contribution in [1.29, 1.82) is 0 Å². The van der Waals surface area contributed by atoms with Gasteiger partial charge in [0, 0.05) is 11.8 Å². The number of alkyl halides is 1. The van der Waals surface area contributed by atoms with Crippen molar-refractivity contribution < 1.29 is 0 Å². The van der Waals surface area contributed by atoms with E-state index in [2.05, 4.69) is 47.0 Å². The van der Waals surface area contributed by atoms with E-state index in [0.717, 1.165) is 16.9 Å². The average molecular weight is 307 g/mol. The van der Waals surface area contributed by atoms with Gasteiger partial charge in [-0.3, -0.25) is 4.79 Å². The van der Waals surface area contributed by atoms with Crippen LogP contribution in [0, 0.1) is 20.8 Å². The van der Waals surface area contributed by atoms with Crippen molar-refractivity contribution in [2.45, 2.75) is 26.1 Å². The second-order valence-electron chi connectivity index (χ2n) is 4.43. The summed E-state index contributed by atoms with van der Waals surface area (Å²) < 4.78 is 1.83. The Morgan fingerprint density at radius 1 is 1.22 bits per heavy atom. The number of aryl methyl sites for hydroxylation is 3. The third kappa shape index (κ3) is 2.38. The van der Waals surface area contributed by atoms with E-state index < -0.39 is 0 Å². The first-order valence-corrected chi connectivity index (χ1v) is 6.88. The molecule has 0 aliphatic heterocycles. The number of hydrogen-bond donors (Lipinski definition) is 0. The Kier molecular flexibility index (Phi) is 3.66. The lowest BCUT2D eigenvalue weighted by Crippen LogP contribution is -2.18. The van der Waals surface area contributed by atoms with Crippen molar-refractivity contribution in [3.8, 4) is 5.69 Å². The van der Waals surface area contributed by atoms with Gasteiger partial charge in [0.1, 0.15) is 5.69 Å². The normalized spacial score (nSPS) is 10.7. The standard InChI is InChI=1S/C14H15BrN2O/c1-9-4-5-13(10(2)6-9)17-11(3)7-14(18)12(8-15)16-17/h4-7H,8H2,1-3H3. The first-order chi connectivity index (χ1) is 8.52. The van der Waals surface area contributed by atoms with Gasteiger partial charge in [0.25, 0.3) is 0 Å². The van der Waals surface area contributed by atoms with Gasteiger partial charge in [0.2, 0.25) is 5.43 Å². The highest BCUT2D eigenvalue weighted by atomic mass is 79.9. The van der Waals surface area contributed by atoms with Crippen LogP contribution in [0.15, 0.2) is 29.1 Å². The van der Waals surface area contributed by atoms with Crippen LogP contribution in [0.2, 0.25) is 0 Å². The maximum absolute atomic E-state index is 11.7. The summed E-state index contributed by atoms with van der Waals surface area (Å²) in [6.07, 6.45) is 0. The molecule has 0 bridgehead atoms. The van der Waals surface area contributed by atoms with Crippen LogP contribution < -0.4 is 5.43 Å². The molecular formula is C14H15BrN2O. The molecule has 0 atom stereocenters. The Labute approximate surface area is 115 Å². The molecule has 94 valence electrons. The number of hydrogen-bond acceptors (Lipinski definition) is 2. The Hall–Kier alpha value is -1.42. The number of aromatic nitrogens is 2. The van der Waals surface area contributed by atoms with Crippen LogP contribution in [0.5, 0.6) is 0 Å². The van der Waals surface area contributed by atoms with Gasteiger partial charge >= 0.3 is 0 Å². The van der Waals surface area contributed by atoms with Gasteiger partial charge < -0.3 is 0 Å². The fourth-order valence-electron chi connectivity index (χ4n) is 1.96. The molecule has 0 N–H and O–H groups in total. The Morgan fingerprint density at radius 2 is 1.94 bits per heavy atom. The Bertz CT molecular complexity index is 647. The zero-order chi connectivity index (χ0) is 13.3. The molecule has 1 aromatic carbocycles. The SMILES string of the molecule is Cc1ccc(-n2nc(CBr)c(=O)cc2C)c(C)c1. The molecule has 2 aromatic rings. The summed E-state index contributed by atoms with van der Waals surface area (Å²) in [6, 6.07) is 7.83. The van der Waals surface area contributed by atoms with E-state index in [4.69, 9.17) is 0 Å². The third-order valence-electron chi connectivity index (χ3n) is 2.89. The maximum Gasteiger partial charge on any atom is 0.204 e. The van der Waals surface area contributed by atoms with E-state index in [9.17, 15) is 4.79 Å². The Morgan fingerprint density at radius 3 is 2.56 bits per heavy atom. The van der Waals surface area contributed by atoms with Gasteiger partial charge in [0.15, 0.2) is 0 Å². The van der Waals surface area contributed by atoms with Crippen molar-refractivity contribution in [2.24, 2.45) is 0 Å². The van der Waals surface area contributed by atoms with Crippen LogP contribution >= 0.6 is 15.9 Å². The molecule has 0 radical (unpaired) electrons. The lowest BCUT2D eigenvalue weighted by Gasteiger charge is -2.13. The number of nitrogens with zero attached hydrogens (tertiary/aromatic N) is 2. The third-order valence-corrected chi connectivity index (χ3v) is 3.42. The molecule has 1 heterocycles. The maximum atomic E-state index is 11.7. The molecule has 4 heteroatoms. The van der Waals surface area contributed by atoms with E-state index in [1.807, 2.05) is 17.7 Å². The monoisotopic (exact) mass is 306 g/mol. The molecule has 0 unspecified atom stereocenters. The molecular weight excluding hydrogens is 292 g/mol. The fraction of sp³-hybridized carbons (Fsp3) is 0.286. The van der Waals surface area contributed by atoms with Crippen molar-refractivity contribution in [3.05, 3.63) is 57.0 Å². The van der Waals surface area contributed by atoms with E-state index in [0.29, 0.717) is 11.0 Å². The largest absolute Gasteiger partial charge is 0.288 e. The van der Waals surface area contributed by atoms with E-state index in [1.165, 1.54) is 5.56 Å². The fourth-order valence-corrected chi connectivity index (χ4v) is 2.35. The second-order valence-corrected chi connectivity index (χ2v) is 4.99. The van der Waals surface area contributed by atoms with Gasteiger partial charge in [-0.25, -0.2) is 4.68 Å². The quantitative estimate of drug-likeness (QED) is 0.799. The summed E-state index contributed by atoms with van der Waals surface area (Å²) in [4.78, 5) is 11.7. The molecule has 0 saturated heterocycles. The smallest absolute Gasteiger partial charge is 0.204 e. The van der Waals surface area contributed by atoms with Crippen LogP contribution in [-0.4, -0.2) is 9.78 Å². The zero-order valence-electron chi connectivity index (χ0n) is 10.7. The van der Waals surface area contributed by atoms with Crippen molar-refractivity contribution >= 4 is 15.9 Å². The molecule has 0 amide bonds. The first-order valence-electron chi connectivity index (χ1n) is 5.76. The average Bonchev–Trinajstić information content (AvgIpc) is 2.30. The number of halogens is 1. The summed E-state index contributed by atoms with van der Waals surface area (Å²) >= 11 is 3.29. The molecule has 2 rings (SSSR count).